The van der Waals surface area contributed by atoms with Gasteiger partial charge in [-0.15, -0.1) is 0 Å². The van der Waals surface area contributed by atoms with Gasteiger partial charge in [0.15, 0.2) is 0 Å². The molecule has 0 radical (unpaired) electrons. The number of allylic oxidation sites excluding steroid dienone is 2. The molecule has 0 aliphatic carbocycles. The molecule has 0 aliphatic heterocycles. The predicted octanol–water partition coefficient (Wildman–Crippen LogP) is 2.05. The van der Waals surface area contributed by atoms with Crippen LogP contribution >= 0.6 is 0 Å². The Morgan fingerprint density at radius 3 is 2.54 bits per heavy atom. The maximum Gasteiger partial charge on any atom is 0.326 e. The lowest BCUT2D eigenvalue weighted by molar-refractivity contribution is -0.582. The van der Waals surface area contributed by atoms with E-state index < -0.39 is 0 Å². The molecule has 0 aromatic carbocycles. The summed E-state index contributed by atoms with van der Waals surface area (Å²) >= 11 is 0. The lowest BCUT2D eigenvalue weighted by Gasteiger charge is -1.93. The Kier molecular flexibility index (Phi) is 3.64. The summed E-state index contributed by atoms with van der Waals surface area (Å²) in [5.74, 6) is 0.859. The van der Waals surface area contributed by atoms with Crippen molar-refractivity contribution in [2.45, 2.75) is 6.92 Å². The highest BCUT2D eigenvalue weighted by molar-refractivity contribution is 5.60. The van der Waals surface area contributed by atoms with E-state index in [-0.39, 0.29) is 0 Å². The monoisotopic (exact) mass is 173 g/mol. The Labute approximate surface area is 78.6 Å². The highest BCUT2D eigenvalue weighted by atomic mass is 15.1. The van der Waals surface area contributed by atoms with Crippen molar-refractivity contribution in [3.8, 4) is 0 Å². The number of pyridine rings is 1. The Morgan fingerprint density at radius 1 is 1.31 bits per heavy atom. The van der Waals surface area contributed by atoms with E-state index in [4.69, 9.17) is 0 Å². The Balaban J connectivity index is 3.03. The van der Waals surface area contributed by atoms with E-state index in [2.05, 4.69) is 11.6 Å². The van der Waals surface area contributed by atoms with Crippen LogP contribution in [0, 0.1) is 0 Å². The summed E-state index contributed by atoms with van der Waals surface area (Å²) < 4.78 is 1.93. The largest absolute Gasteiger partial charge is 0.326 e. The van der Waals surface area contributed by atoms with Gasteiger partial charge in [0.25, 0.3) is 0 Å². The minimum Gasteiger partial charge on any atom is -0.203 e. The van der Waals surface area contributed by atoms with Crippen LogP contribution in [-0.2, 0) is 0 Å². The van der Waals surface area contributed by atoms with Gasteiger partial charge in [0.2, 0.25) is 0 Å². The predicted molar refractivity (Wildman–Crippen MR) is 55.3 cm³/mol. The number of nitrogens with zero attached hydrogens (tertiary/aromatic N) is 2. The maximum atomic E-state index is 4.21. The Hall–Kier alpha value is -1.70. The molecule has 0 bridgehead atoms. The van der Waals surface area contributed by atoms with Crippen molar-refractivity contribution in [3.05, 3.63) is 49.3 Å². The first-order valence-electron chi connectivity index (χ1n) is 4.16. The van der Waals surface area contributed by atoms with Crippen LogP contribution in [-0.4, -0.2) is 6.21 Å². The van der Waals surface area contributed by atoms with Crippen molar-refractivity contribution < 1.29 is 4.57 Å². The zero-order chi connectivity index (χ0) is 9.52. The van der Waals surface area contributed by atoms with Crippen molar-refractivity contribution in [3.63, 3.8) is 0 Å². The summed E-state index contributed by atoms with van der Waals surface area (Å²) in [5, 5.41) is 0. The second-order valence-corrected chi connectivity index (χ2v) is 2.43. The van der Waals surface area contributed by atoms with Gasteiger partial charge in [-0.3, -0.25) is 0 Å². The first-order chi connectivity index (χ1) is 6.38. The van der Waals surface area contributed by atoms with Gasteiger partial charge in [-0.1, -0.05) is 23.7 Å². The molecule has 13 heavy (non-hydrogen) atoms. The number of aliphatic imine (C=N–C) groups is 1. The molecular weight excluding hydrogens is 160 g/mol. The van der Waals surface area contributed by atoms with Gasteiger partial charge >= 0.3 is 5.82 Å². The van der Waals surface area contributed by atoms with E-state index >= 15 is 0 Å². The fourth-order valence-electron chi connectivity index (χ4n) is 0.985. The van der Waals surface area contributed by atoms with E-state index in [0.29, 0.717) is 0 Å². The maximum absolute atomic E-state index is 4.21. The molecule has 0 saturated carbocycles. The van der Waals surface area contributed by atoms with Crippen LogP contribution < -0.4 is 4.57 Å². The minimum absolute atomic E-state index is 0.859. The molecule has 0 fully saturated rings. The molecule has 1 aromatic rings. The molecule has 1 aromatic heterocycles. The molecule has 2 nitrogen and oxygen atoms in total. The SMILES string of the molecule is C=C/C=C(\N=CC)[n+]1ccccc1. The van der Waals surface area contributed by atoms with Gasteiger partial charge < -0.3 is 0 Å². The second-order valence-electron chi connectivity index (χ2n) is 2.43. The van der Waals surface area contributed by atoms with Crippen molar-refractivity contribution in [1.82, 2.24) is 0 Å². The van der Waals surface area contributed by atoms with Crippen LogP contribution in [0.15, 0.2) is 54.3 Å². The first kappa shape index (κ1) is 9.39. The quantitative estimate of drug-likeness (QED) is 0.378. The van der Waals surface area contributed by atoms with Gasteiger partial charge in [0.05, 0.1) is 12.4 Å². The third-order valence-electron chi connectivity index (χ3n) is 1.51. The summed E-state index contributed by atoms with van der Waals surface area (Å²) in [6.45, 7) is 5.53. The summed E-state index contributed by atoms with van der Waals surface area (Å²) in [4.78, 5) is 4.21. The zero-order valence-electron chi connectivity index (χ0n) is 7.72. The number of aromatic nitrogens is 1. The number of hydrogen-bond donors (Lipinski definition) is 0. The van der Waals surface area contributed by atoms with E-state index in [1.54, 1.807) is 12.3 Å². The van der Waals surface area contributed by atoms with E-state index in [0.717, 1.165) is 5.82 Å². The van der Waals surface area contributed by atoms with Gasteiger partial charge in [-0.25, -0.2) is 4.57 Å². The van der Waals surface area contributed by atoms with E-state index in [1.807, 2.05) is 48.2 Å². The Bertz CT molecular complexity index is 323. The zero-order valence-corrected chi connectivity index (χ0v) is 7.72. The van der Waals surface area contributed by atoms with E-state index in [9.17, 15) is 0 Å². The fraction of sp³-hybridized carbons (Fsp3) is 0.0909. The molecule has 0 unspecified atom stereocenters. The summed E-state index contributed by atoms with van der Waals surface area (Å²) in [7, 11) is 0. The topological polar surface area (TPSA) is 16.2 Å². The number of rotatable bonds is 3. The van der Waals surface area contributed by atoms with Gasteiger partial charge in [-0.2, -0.15) is 0 Å². The van der Waals surface area contributed by atoms with Gasteiger partial charge in [0, 0.05) is 6.08 Å². The summed E-state index contributed by atoms with van der Waals surface area (Å²) in [6, 6.07) is 5.89. The molecule has 0 N–H and O–H groups in total. The van der Waals surface area contributed by atoms with Crippen molar-refractivity contribution in [1.29, 1.82) is 0 Å². The highest BCUT2D eigenvalue weighted by Crippen LogP contribution is 1.94. The average molecular weight is 173 g/mol. The first-order valence-corrected chi connectivity index (χ1v) is 4.16. The Morgan fingerprint density at radius 2 is 2.00 bits per heavy atom. The highest BCUT2D eigenvalue weighted by Gasteiger charge is 2.03. The molecule has 1 rings (SSSR count). The lowest BCUT2D eigenvalue weighted by Crippen LogP contribution is -2.29. The van der Waals surface area contributed by atoms with Gasteiger partial charge in [-0.05, 0) is 19.1 Å². The van der Waals surface area contributed by atoms with Crippen LogP contribution in [0.4, 0.5) is 0 Å². The molecule has 0 amide bonds. The summed E-state index contributed by atoms with van der Waals surface area (Å²) in [5.41, 5.74) is 0. The van der Waals surface area contributed by atoms with Crippen LogP contribution in [0.5, 0.6) is 0 Å². The van der Waals surface area contributed by atoms with Crippen LogP contribution in [0.1, 0.15) is 6.92 Å². The standard InChI is InChI=1S/C11H13N2/c1-3-8-11(12-4-2)13-9-6-5-7-10-13/h3-10H,1H2,2H3/q+1/b11-8+,12-4?. The average Bonchev–Trinajstić information content (AvgIpc) is 2.19. The molecule has 1 heterocycles. The van der Waals surface area contributed by atoms with Crippen molar-refractivity contribution in [2.24, 2.45) is 4.99 Å². The van der Waals surface area contributed by atoms with Crippen LogP contribution in [0.25, 0.3) is 5.82 Å². The van der Waals surface area contributed by atoms with Gasteiger partial charge in [0.1, 0.15) is 6.21 Å². The second kappa shape index (κ2) is 5.04. The van der Waals surface area contributed by atoms with Crippen LogP contribution in [0.2, 0.25) is 0 Å². The number of hydrogen-bond acceptors (Lipinski definition) is 1. The third kappa shape index (κ3) is 2.67. The smallest absolute Gasteiger partial charge is 0.203 e. The molecule has 0 spiro atoms. The van der Waals surface area contributed by atoms with Crippen LogP contribution in [0.3, 0.4) is 0 Å². The molecule has 66 valence electrons. The normalized spacial score (nSPS) is 11.9. The van der Waals surface area contributed by atoms with E-state index in [1.165, 1.54) is 0 Å². The minimum atomic E-state index is 0.859. The molecular formula is C11H13N2+. The molecule has 0 saturated heterocycles. The summed E-state index contributed by atoms with van der Waals surface area (Å²) in [6.07, 6.45) is 9.24. The van der Waals surface area contributed by atoms with Crippen molar-refractivity contribution >= 4 is 12.0 Å². The lowest BCUT2D eigenvalue weighted by atomic mass is 10.4. The van der Waals surface area contributed by atoms with Crippen molar-refractivity contribution in [2.75, 3.05) is 0 Å². The molecule has 0 aliphatic rings. The molecule has 2 heteroatoms. The third-order valence-corrected chi connectivity index (χ3v) is 1.51. The fourth-order valence-corrected chi connectivity index (χ4v) is 0.985. The molecule has 0 atom stereocenters.